The van der Waals surface area contributed by atoms with Crippen LogP contribution in [0.3, 0.4) is 0 Å². The van der Waals surface area contributed by atoms with E-state index in [4.69, 9.17) is 28.9 Å². The Bertz CT molecular complexity index is 530. The third kappa shape index (κ3) is 3.22. The number of nitrogens with zero attached hydrogens (tertiary/aromatic N) is 1. The summed E-state index contributed by atoms with van der Waals surface area (Å²) in [5, 5.41) is 1.08. The van der Waals surface area contributed by atoms with Crippen LogP contribution in [0.2, 0.25) is 10.0 Å². The van der Waals surface area contributed by atoms with Crippen molar-refractivity contribution in [2.45, 2.75) is 0 Å². The van der Waals surface area contributed by atoms with Crippen molar-refractivity contribution in [1.29, 1.82) is 0 Å². The first-order chi connectivity index (χ1) is 8.15. The van der Waals surface area contributed by atoms with Gasteiger partial charge >= 0.3 is 0 Å². The zero-order valence-electron chi connectivity index (χ0n) is 8.90. The van der Waals surface area contributed by atoms with Gasteiger partial charge in [0.25, 0.3) is 0 Å². The maximum absolute atomic E-state index is 5.89. The van der Waals surface area contributed by atoms with Crippen LogP contribution in [0.15, 0.2) is 53.5 Å². The molecule has 2 nitrogen and oxygen atoms in total. The molecule has 17 heavy (non-hydrogen) atoms. The lowest BCUT2D eigenvalue weighted by atomic mass is 10.2. The van der Waals surface area contributed by atoms with Gasteiger partial charge in [-0.2, -0.15) is 0 Å². The predicted octanol–water partition coefficient (Wildman–Crippen LogP) is 4.03. The summed E-state index contributed by atoms with van der Waals surface area (Å²) in [6.45, 7) is 0. The Morgan fingerprint density at radius 3 is 2.12 bits per heavy atom. The zero-order chi connectivity index (χ0) is 12.3. The number of hydrogen-bond acceptors (Lipinski definition) is 1. The van der Waals surface area contributed by atoms with E-state index in [9.17, 15) is 0 Å². The van der Waals surface area contributed by atoms with E-state index in [0.29, 0.717) is 21.6 Å². The highest BCUT2D eigenvalue weighted by molar-refractivity contribution is 6.35. The van der Waals surface area contributed by atoms with E-state index in [1.807, 2.05) is 30.3 Å². The van der Waals surface area contributed by atoms with E-state index in [1.165, 1.54) is 0 Å². The minimum absolute atomic E-state index is 0.434. The first kappa shape index (κ1) is 12.0. The maximum atomic E-state index is 5.89. The summed E-state index contributed by atoms with van der Waals surface area (Å²) in [5.41, 5.74) is 7.40. The molecular weight excluding hydrogens is 255 g/mol. The lowest BCUT2D eigenvalue weighted by Crippen LogP contribution is -2.12. The van der Waals surface area contributed by atoms with Crippen molar-refractivity contribution in [1.82, 2.24) is 0 Å². The third-order valence-corrected chi connectivity index (χ3v) is 2.60. The molecule has 2 rings (SSSR count). The molecule has 0 atom stereocenters. The molecule has 0 fully saturated rings. The number of benzene rings is 2. The van der Waals surface area contributed by atoms with E-state index in [0.717, 1.165) is 5.56 Å². The highest BCUT2D eigenvalue weighted by Gasteiger charge is 2.00. The second-order valence-corrected chi connectivity index (χ2v) is 4.36. The molecule has 2 N–H and O–H groups in total. The van der Waals surface area contributed by atoms with Crippen molar-refractivity contribution in [3.05, 3.63) is 64.1 Å². The Labute approximate surface area is 110 Å². The fourth-order valence-electron chi connectivity index (χ4n) is 1.42. The highest BCUT2D eigenvalue weighted by Crippen LogP contribution is 2.24. The number of rotatable bonds is 2. The average Bonchev–Trinajstić information content (AvgIpc) is 2.28. The van der Waals surface area contributed by atoms with E-state index in [2.05, 4.69) is 4.99 Å². The topological polar surface area (TPSA) is 38.4 Å². The van der Waals surface area contributed by atoms with Crippen LogP contribution in [0.1, 0.15) is 5.56 Å². The van der Waals surface area contributed by atoms with Gasteiger partial charge in [0, 0.05) is 15.6 Å². The van der Waals surface area contributed by atoms with E-state index >= 15 is 0 Å². The normalized spacial score (nSPS) is 11.5. The largest absolute Gasteiger partial charge is 0.383 e. The van der Waals surface area contributed by atoms with Gasteiger partial charge in [-0.15, -0.1) is 0 Å². The summed E-state index contributed by atoms with van der Waals surface area (Å²) in [5.74, 6) is 0.434. The Hall–Kier alpha value is -1.51. The van der Waals surface area contributed by atoms with Crippen molar-refractivity contribution in [3.8, 4) is 0 Å². The standard InChI is InChI=1S/C13H10Cl2N2/c14-10-6-11(15)8-12(7-10)17-13(16)9-4-2-1-3-5-9/h1-8H,(H2,16,17). The Morgan fingerprint density at radius 1 is 0.941 bits per heavy atom. The van der Waals surface area contributed by atoms with Gasteiger partial charge in [0.05, 0.1) is 5.69 Å². The van der Waals surface area contributed by atoms with Gasteiger partial charge in [-0.25, -0.2) is 4.99 Å². The summed E-state index contributed by atoms with van der Waals surface area (Å²) < 4.78 is 0. The Balaban J connectivity index is 2.36. The molecule has 2 aromatic carbocycles. The van der Waals surface area contributed by atoms with Gasteiger partial charge in [-0.3, -0.25) is 0 Å². The predicted molar refractivity (Wildman–Crippen MR) is 73.3 cm³/mol. The zero-order valence-corrected chi connectivity index (χ0v) is 10.4. The first-order valence-corrected chi connectivity index (χ1v) is 5.76. The second kappa shape index (κ2) is 5.21. The fraction of sp³-hybridized carbons (Fsp3) is 0. The number of aliphatic imine (C=N–C) groups is 1. The van der Waals surface area contributed by atoms with Crippen LogP contribution >= 0.6 is 23.2 Å². The molecule has 86 valence electrons. The molecule has 0 saturated carbocycles. The monoisotopic (exact) mass is 264 g/mol. The summed E-state index contributed by atoms with van der Waals surface area (Å²) in [6.07, 6.45) is 0. The van der Waals surface area contributed by atoms with Crippen LogP contribution in [-0.2, 0) is 0 Å². The summed E-state index contributed by atoms with van der Waals surface area (Å²) >= 11 is 11.8. The molecular formula is C13H10Cl2N2. The minimum Gasteiger partial charge on any atom is -0.383 e. The van der Waals surface area contributed by atoms with Crippen LogP contribution in [0, 0.1) is 0 Å². The molecule has 0 aliphatic carbocycles. The molecule has 0 aliphatic heterocycles. The highest BCUT2D eigenvalue weighted by atomic mass is 35.5. The van der Waals surface area contributed by atoms with Crippen LogP contribution in [0.5, 0.6) is 0 Å². The quantitative estimate of drug-likeness (QED) is 0.646. The van der Waals surface area contributed by atoms with Crippen molar-refractivity contribution in [2.75, 3.05) is 0 Å². The SMILES string of the molecule is NC(=Nc1cc(Cl)cc(Cl)c1)c1ccccc1. The Morgan fingerprint density at radius 2 is 1.53 bits per heavy atom. The lowest BCUT2D eigenvalue weighted by molar-refractivity contribution is 1.45. The number of hydrogen-bond donors (Lipinski definition) is 1. The van der Waals surface area contributed by atoms with Crippen LogP contribution < -0.4 is 5.73 Å². The molecule has 0 saturated heterocycles. The lowest BCUT2D eigenvalue weighted by Gasteiger charge is -2.01. The average molecular weight is 265 g/mol. The maximum Gasteiger partial charge on any atom is 0.131 e. The van der Waals surface area contributed by atoms with Crippen molar-refractivity contribution in [3.63, 3.8) is 0 Å². The van der Waals surface area contributed by atoms with Gasteiger partial charge in [-0.1, -0.05) is 53.5 Å². The second-order valence-electron chi connectivity index (χ2n) is 3.49. The number of halogens is 2. The molecule has 0 bridgehead atoms. The fourth-order valence-corrected chi connectivity index (χ4v) is 1.93. The smallest absolute Gasteiger partial charge is 0.131 e. The molecule has 0 spiro atoms. The van der Waals surface area contributed by atoms with Gasteiger partial charge in [0.1, 0.15) is 5.84 Å². The molecule has 2 aromatic rings. The summed E-state index contributed by atoms with van der Waals surface area (Å²) in [7, 11) is 0. The van der Waals surface area contributed by atoms with Crippen LogP contribution in [0.25, 0.3) is 0 Å². The first-order valence-electron chi connectivity index (χ1n) is 5.01. The molecule has 0 radical (unpaired) electrons. The van der Waals surface area contributed by atoms with Crippen molar-refractivity contribution < 1.29 is 0 Å². The summed E-state index contributed by atoms with van der Waals surface area (Å²) in [6, 6.07) is 14.6. The van der Waals surface area contributed by atoms with E-state index in [-0.39, 0.29) is 0 Å². The molecule has 0 heterocycles. The van der Waals surface area contributed by atoms with E-state index in [1.54, 1.807) is 18.2 Å². The van der Waals surface area contributed by atoms with Gasteiger partial charge in [0.15, 0.2) is 0 Å². The molecule has 0 aromatic heterocycles. The van der Waals surface area contributed by atoms with Crippen LogP contribution in [-0.4, -0.2) is 5.84 Å². The number of nitrogens with two attached hydrogens (primary N) is 1. The molecule has 0 amide bonds. The van der Waals surface area contributed by atoms with E-state index < -0.39 is 0 Å². The Kier molecular flexibility index (Phi) is 3.67. The minimum atomic E-state index is 0.434. The van der Waals surface area contributed by atoms with Crippen molar-refractivity contribution in [2.24, 2.45) is 10.7 Å². The number of amidine groups is 1. The third-order valence-electron chi connectivity index (χ3n) is 2.17. The van der Waals surface area contributed by atoms with Gasteiger partial charge in [-0.05, 0) is 18.2 Å². The summed E-state index contributed by atoms with van der Waals surface area (Å²) in [4.78, 5) is 4.28. The van der Waals surface area contributed by atoms with Crippen LogP contribution in [0.4, 0.5) is 5.69 Å². The van der Waals surface area contributed by atoms with Crippen molar-refractivity contribution >= 4 is 34.7 Å². The molecule has 0 aliphatic rings. The van der Waals surface area contributed by atoms with Gasteiger partial charge in [0.2, 0.25) is 0 Å². The van der Waals surface area contributed by atoms with Gasteiger partial charge < -0.3 is 5.73 Å². The molecule has 4 heteroatoms. The molecule has 0 unspecified atom stereocenters.